The van der Waals surface area contributed by atoms with Gasteiger partial charge in [-0.15, -0.1) is 0 Å². The van der Waals surface area contributed by atoms with Crippen LogP contribution in [0.5, 0.6) is 0 Å². The number of carbonyl (C=O) groups excluding carboxylic acids is 1. The lowest BCUT2D eigenvalue weighted by atomic mass is 10.2. The van der Waals surface area contributed by atoms with Crippen LogP contribution in [-0.4, -0.2) is 46.9 Å². The van der Waals surface area contributed by atoms with Gasteiger partial charge in [-0.25, -0.2) is 4.98 Å². The number of aromatic nitrogens is 1. The SMILES string of the molecule is CN1CCC(NC(=O)c2cc([N+](=O)[O-])cnc2N)C1. The number of nitro groups is 1. The van der Waals surface area contributed by atoms with Crippen molar-refractivity contribution < 1.29 is 9.72 Å². The van der Waals surface area contributed by atoms with Crippen molar-refractivity contribution in [3.63, 3.8) is 0 Å². The number of carbonyl (C=O) groups is 1. The molecule has 19 heavy (non-hydrogen) atoms. The van der Waals surface area contributed by atoms with Crippen LogP contribution in [0.3, 0.4) is 0 Å². The molecule has 1 unspecified atom stereocenters. The molecule has 1 fully saturated rings. The Balaban J connectivity index is 2.14. The summed E-state index contributed by atoms with van der Waals surface area (Å²) in [5, 5.41) is 13.5. The molecule has 1 aromatic rings. The predicted molar refractivity (Wildman–Crippen MR) is 68.7 cm³/mol. The van der Waals surface area contributed by atoms with E-state index in [0.717, 1.165) is 31.8 Å². The maximum atomic E-state index is 12.0. The molecule has 0 spiro atoms. The van der Waals surface area contributed by atoms with Crippen molar-refractivity contribution in [2.45, 2.75) is 12.5 Å². The molecular formula is C11H15N5O3. The van der Waals surface area contributed by atoms with Crippen molar-refractivity contribution in [3.05, 3.63) is 27.9 Å². The van der Waals surface area contributed by atoms with E-state index in [9.17, 15) is 14.9 Å². The van der Waals surface area contributed by atoms with E-state index in [0.29, 0.717) is 0 Å². The lowest BCUT2D eigenvalue weighted by Gasteiger charge is -2.13. The van der Waals surface area contributed by atoms with E-state index in [1.165, 1.54) is 0 Å². The monoisotopic (exact) mass is 265 g/mol. The number of amides is 1. The molecule has 8 heteroatoms. The van der Waals surface area contributed by atoms with Crippen LogP contribution in [0.2, 0.25) is 0 Å². The van der Waals surface area contributed by atoms with Crippen LogP contribution in [0.4, 0.5) is 11.5 Å². The summed E-state index contributed by atoms with van der Waals surface area (Å²) in [6, 6.07) is 1.19. The average molecular weight is 265 g/mol. The molecule has 1 atom stereocenters. The minimum absolute atomic E-state index is 0.00514. The molecule has 1 amide bonds. The van der Waals surface area contributed by atoms with E-state index >= 15 is 0 Å². The Hall–Kier alpha value is -2.22. The molecule has 3 N–H and O–H groups in total. The maximum Gasteiger partial charge on any atom is 0.288 e. The highest BCUT2D eigenvalue weighted by atomic mass is 16.6. The Labute approximate surface area is 109 Å². The lowest BCUT2D eigenvalue weighted by Crippen LogP contribution is -2.36. The Morgan fingerprint density at radius 2 is 2.42 bits per heavy atom. The summed E-state index contributed by atoms with van der Waals surface area (Å²) in [6.45, 7) is 1.67. The third kappa shape index (κ3) is 2.97. The summed E-state index contributed by atoms with van der Waals surface area (Å²) < 4.78 is 0. The Morgan fingerprint density at radius 3 is 3.00 bits per heavy atom. The highest BCUT2D eigenvalue weighted by Crippen LogP contribution is 2.17. The van der Waals surface area contributed by atoms with Crippen LogP contribution in [0.25, 0.3) is 0 Å². The van der Waals surface area contributed by atoms with Crippen molar-refractivity contribution in [2.24, 2.45) is 0 Å². The quantitative estimate of drug-likeness (QED) is 0.587. The minimum Gasteiger partial charge on any atom is -0.383 e. The Morgan fingerprint density at radius 1 is 1.68 bits per heavy atom. The maximum absolute atomic E-state index is 12.0. The van der Waals surface area contributed by atoms with Crippen molar-refractivity contribution in [3.8, 4) is 0 Å². The van der Waals surface area contributed by atoms with Gasteiger partial charge in [0, 0.05) is 18.7 Å². The molecular weight excluding hydrogens is 250 g/mol. The van der Waals surface area contributed by atoms with Gasteiger partial charge in [-0.2, -0.15) is 0 Å². The number of nitrogens with zero attached hydrogens (tertiary/aromatic N) is 3. The zero-order valence-corrected chi connectivity index (χ0v) is 10.5. The van der Waals surface area contributed by atoms with Crippen LogP contribution < -0.4 is 11.1 Å². The van der Waals surface area contributed by atoms with Crippen LogP contribution in [0, 0.1) is 10.1 Å². The first-order chi connectivity index (χ1) is 8.97. The third-order valence-corrected chi connectivity index (χ3v) is 3.09. The number of anilines is 1. The molecule has 0 aromatic carbocycles. The van der Waals surface area contributed by atoms with E-state index in [1.54, 1.807) is 0 Å². The highest BCUT2D eigenvalue weighted by Gasteiger charge is 2.23. The topological polar surface area (TPSA) is 114 Å². The number of nitrogens with one attached hydrogen (secondary N) is 1. The molecule has 0 aliphatic carbocycles. The summed E-state index contributed by atoms with van der Waals surface area (Å²) >= 11 is 0. The summed E-state index contributed by atoms with van der Waals surface area (Å²) in [4.78, 5) is 27.9. The van der Waals surface area contributed by atoms with Crippen molar-refractivity contribution >= 4 is 17.4 Å². The molecule has 1 aromatic heterocycles. The predicted octanol–water partition coefficient (Wildman–Crippen LogP) is 0.00590. The van der Waals surface area contributed by atoms with Gasteiger partial charge in [-0.1, -0.05) is 0 Å². The lowest BCUT2D eigenvalue weighted by molar-refractivity contribution is -0.385. The fourth-order valence-corrected chi connectivity index (χ4v) is 2.06. The summed E-state index contributed by atoms with van der Waals surface area (Å²) in [5.41, 5.74) is 5.38. The van der Waals surface area contributed by atoms with Gasteiger partial charge in [0.2, 0.25) is 0 Å². The number of nitrogens with two attached hydrogens (primary N) is 1. The molecule has 2 rings (SSSR count). The van der Waals surface area contributed by atoms with Crippen LogP contribution in [-0.2, 0) is 0 Å². The van der Waals surface area contributed by atoms with Gasteiger partial charge < -0.3 is 16.0 Å². The summed E-state index contributed by atoms with van der Waals surface area (Å²) in [7, 11) is 1.97. The molecule has 0 saturated carbocycles. The van der Waals surface area contributed by atoms with E-state index in [-0.39, 0.29) is 23.1 Å². The van der Waals surface area contributed by atoms with E-state index in [1.807, 2.05) is 7.05 Å². The second-order valence-electron chi connectivity index (χ2n) is 4.60. The summed E-state index contributed by atoms with van der Waals surface area (Å²) in [5.74, 6) is -0.427. The van der Waals surface area contributed by atoms with Gasteiger partial charge in [-0.3, -0.25) is 14.9 Å². The number of rotatable bonds is 3. The van der Waals surface area contributed by atoms with Gasteiger partial charge in [0.25, 0.3) is 11.6 Å². The average Bonchev–Trinajstić information content (AvgIpc) is 2.74. The van der Waals surface area contributed by atoms with Gasteiger partial charge in [0.05, 0.1) is 10.5 Å². The smallest absolute Gasteiger partial charge is 0.288 e. The fraction of sp³-hybridized carbons (Fsp3) is 0.455. The van der Waals surface area contributed by atoms with E-state index in [2.05, 4.69) is 15.2 Å². The molecule has 102 valence electrons. The van der Waals surface area contributed by atoms with Gasteiger partial charge in [0.15, 0.2) is 0 Å². The van der Waals surface area contributed by atoms with Gasteiger partial charge in [0.1, 0.15) is 12.0 Å². The van der Waals surface area contributed by atoms with Gasteiger partial charge >= 0.3 is 0 Å². The second kappa shape index (κ2) is 5.19. The standard InChI is InChI=1S/C11H15N5O3/c1-15-3-2-7(6-15)14-11(17)9-4-8(16(18)19)5-13-10(9)12/h4-5,7H,2-3,6H2,1H3,(H2,12,13)(H,14,17). The van der Waals surface area contributed by atoms with E-state index < -0.39 is 10.8 Å². The molecule has 0 radical (unpaired) electrons. The van der Waals surface area contributed by atoms with Crippen molar-refractivity contribution in [1.29, 1.82) is 0 Å². The molecule has 2 heterocycles. The first kappa shape index (κ1) is 13.2. The number of likely N-dealkylation sites (N-methyl/N-ethyl adjacent to an activating group) is 1. The number of hydrogen-bond acceptors (Lipinski definition) is 6. The molecule has 0 bridgehead atoms. The normalized spacial score (nSPS) is 19.3. The third-order valence-electron chi connectivity index (χ3n) is 3.09. The van der Waals surface area contributed by atoms with Crippen LogP contribution in [0.1, 0.15) is 16.8 Å². The number of nitrogen functional groups attached to an aromatic ring is 1. The van der Waals surface area contributed by atoms with Gasteiger partial charge in [-0.05, 0) is 20.0 Å². The fourth-order valence-electron chi connectivity index (χ4n) is 2.06. The Bertz CT molecular complexity index is 519. The number of hydrogen-bond donors (Lipinski definition) is 2. The molecule has 1 aliphatic heterocycles. The molecule has 8 nitrogen and oxygen atoms in total. The zero-order chi connectivity index (χ0) is 14.0. The molecule has 1 saturated heterocycles. The summed E-state index contributed by atoms with van der Waals surface area (Å²) in [6.07, 6.45) is 1.89. The largest absolute Gasteiger partial charge is 0.383 e. The molecule has 1 aliphatic rings. The second-order valence-corrected chi connectivity index (χ2v) is 4.60. The van der Waals surface area contributed by atoms with E-state index in [4.69, 9.17) is 5.73 Å². The number of pyridine rings is 1. The first-order valence-electron chi connectivity index (χ1n) is 5.86. The van der Waals surface area contributed by atoms with Crippen molar-refractivity contribution in [2.75, 3.05) is 25.9 Å². The van der Waals surface area contributed by atoms with Crippen LogP contribution >= 0.6 is 0 Å². The highest BCUT2D eigenvalue weighted by molar-refractivity contribution is 5.99. The van der Waals surface area contributed by atoms with Crippen LogP contribution in [0.15, 0.2) is 12.3 Å². The minimum atomic E-state index is -0.605. The first-order valence-corrected chi connectivity index (χ1v) is 5.86. The zero-order valence-electron chi connectivity index (χ0n) is 10.5. The Kier molecular flexibility index (Phi) is 3.61. The van der Waals surface area contributed by atoms with Crippen molar-refractivity contribution in [1.82, 2.24) is 15.2 Å². The number of likely N-dealkylation sites (tertiary alicyclic amines) is 1.